The Hall–Kier alpha value is -2.12. The standard InChI is InChI=1S/C25H38O6Si/c1-25(2,3)32(6,7)31-20-14-10-18(11-15-20)22(24(28)30-5)21(23(27)29-4)16-17-8-12-19(26)13-9-17/h8-9,12-13,18,20,26H,10-11,14-16H2,1-7H3/t18-,20+. The molecule has 32 heavy (non-hydrogen) atoms. The van der Waals surface area contributed by atoms with Gasteiger partial charge >= 0.3 is 11.9 Å². The molecule has 1 N–H and O–H groups in total. The molecule has 6 nitrogen and oxygen atoms in total. The van der Waals surface area contributed by atoms with Gasteiger partial charge in [0, 0.05) is 12.5 Å². The van der Waals surface area contributed by atoms with Crippen LogP contribution in [0.15, 0.2) is 35.4 Å². The Morgan fingerprint density at radius 1 is 0.969 bits per heavy atom. The van der Waals surface area contributed by atoms with E-state index in [2.05, 4.69) is 33.9 Å². The first kappa shape index (κ1) is 26.1. The van der Waals surface area contributed by atoms with Crippen molar-refractivity contribution >= 4 is 20.3 Å². The summed E-state index contributed by atoms with van der Waals surface area (Å²) in [6.07, 6.45) is 3.58. The third-order valence-corrected chi connectivity index (χ3v) is 11.4. The van der Waals surface area contributed by atoms with Gasteiger partial charge in [0.15, 0.2) is 8.32 Å². The molecule has 0 amide bonds. The van der Waals surface area contributed by atoms with Crippen LogP contribution in [0.25, 0.3) is 0 Å². The van der Waals surface area contributed by atoms with Crippen LogP contribution in [-0.4, -0.2) is 45.7 Å². The molecule has 1 aliphatic rings. The molecule has 0 atom stereocenters. The Kier molecular flexibility index (Phi) is 8.71. The van der Waals surface area contributed by atoms with Gasteiger partial charge < -0.3 is 19.0 Å². The average molecular weight is 463 g/mol. The lowest BCUT2D eigenvalue weighted by Crippen LogP contribution is -2.44. The Morgan fingerprint density at radius 3 is 1.97 bits per heavy atom. The van der Waals surface area contributed by atoms with Crippen LogP contribution in [-0.2, 0) is 29.9 Å². The minimum absolute atomic E-state index is 0.0899. The second-order valence-corrected chi connectivity index (χ2v) is 14.8. The van der Waals surface area contributed by atoms with E-state index in [0.29, 0.717) is 11.1 Å². The molecule has 0 radical (unpaired) electrons. The van der Waals surface area contributed by atoms with E-state index in [-0.39, 0.29) is 29.2 Å². The van der Waals surface area contributed by atoms with Crippen molar-refractivity contribution in [3.05, 3.63) is 41.0 Å². The molecule has 7 heteroatoms. The van der Waals surface area contributed by atoms with E-state index in [1.54, 1.807) is 24.3 Å². The van der Waals surface area contributed by atoms with Gasteiger partial charge in [-0.3, -0.25) is 0 Å². The molecule has 1 saturated carbocycles. The topological polar surface area (TPSA) is 82.1 Å². The van der Waals surface area contributed by atoms with Gasteiger partial charge in [-0.25, -0.2) is 9.59 Å². The fourth-order valence-electron chi connectivity index (χ4n) is 3.93. The smallest absolute Gasteiger partial charge is 0.334 e. The summed E-state index contributed by atoms with van der Waals surface area (Å²) in [5.41, 5.74) is 1.52. The highest BCUT2D eigenvalue weighted by atomic mass is 28.4. The number of aromatic hydroxyl groups is 1. The minimum Gasteiger partial charge on any atom is -0.508 e. The highest BCUT2D eigenvalue weighted by molar-refractivity contribution is 6.74. The van der Waals surface area contributed by atoms with Gasteiger partial charge in [-0.15, -0.1) is 0 Å². The van der Waals surface area contributed by atoms with Crippen LogP contribution in [0.3, 0.4) is 0 Å². The molecule has 0 saturated heterocycles. The summed E-state index contributed by atoms with van der Waals surface area (Å²) in [5, 5.41) is 9.70. The largest absolute Gasteiger partial charge is 0.508 e. The Labute approximate surface area is 193 Å². The third-order valence-electron chi connectivity index (χ3n) is 6.83. The molecular weight excluding hydrogens is 424 g/mol. The van der Waals surface area contributed by atoms with Crippen LogP contribution in [0, 0.1) is 5.92 Å². The highest BCUT2D eigenvalue weighted by Crippen LogP contribution is 2.41. The monoisotopic (exact) mass is 462 g/mol. The third kappa shape index (κ3) is 6.45. The average Bonchev–Trinajstić information content (AvgIpc) is 2.74. The summed E-state index contributed by atoms with van der Waals surface area (Å²) in [5.74, 6) is -0.963. The predicted molar refractivity (Wildman–Crippen MR) is 127 cm³/mol. The second kappa shape index (κ2) is 10.7. The number of phenolic OH excluding ortho intramolecular Hbond substituents is 1. The molecule has 1 aromatic carbocycles. The fourth-order valence-corrected chi connectivity index (χ4v) is 5.35. The molecule has 0 heterocycles. The lowest BCUT2D eigenvalue weighted by Gasteiger charge is -2.41. The van der Waals surface area contributed by atoms with Crippen LogP contribution in [0.1, 0.15) is 52.0 Å². The summed E-state index contributed by atoms with van der Waals surface area (Å²) in [7, 11) is 0.785. The number of carbonyl (C=O) groups excluding carboxylic acids is 2. The van der Waals surface area contributed by atoms with E-state index in [4.69, 9.17) is 13.9 Å². The summed E-state index contributed by atoms with van der Waals surface area (Å²) < 4.78 is 16.7. The molecular formula is C25H38O6Si. The maximum atomic E-state index is 12.8. The summed E-state index contributed by atoms with van der Waals surface area (Å²) in [6, 6.07) is 6.59. The van der Waals surface area contributed by atoms with Crippen LogP contribution in [0.4, 0.5) is 0 Å². The van der Waals surface area contributed by atoms with Crippen molar-refractivity contribution < 1.29 is 28.6 Å². The first-order chi connectivity index (χ1) is 14.9. The van der Waals surface area contributed by atoms with Gasteiger partial charge in [-0.05, 0) is 67.4 Å². The predicted octanol–water partition coefficient (Wildman–Crippen LogP) is 5.16. The van der Waals surface area contributed by atoms with Gasteiger partial charge in [-0.2, -0.15) is 0 Å². The maximum absolute atomic E-state index is 12.8. The van der Waals surface area contributed by atoms with Crippen molar-refractivity contribution in [1.82, 2.24) is 0 Å². The number of esters is 2. The zero-order chi connectivity index (χ0) is 24.1. The summed E-state index contributed by atoms with van der Waals surface area (Å²) in [6.45, 7) is 11.2. The van der Waals surface area contributed by atoms with Crippen molar-refractivity contribution in [1.29, 1.82) is 0 Å². The zero-order valence-electron chi connectivity index (χ0n) is 20.5. The van der Waals surface area contributed by atoms with Crippen molar-refractivity contribution in [2.24, 2.45) is 5.92 Å². The summed E-state index contributed by atoms with van der Waals surface area (Å²) in [4.78, 5) is 25.5. The van der Waals surface area contributed by atoms with Crippen molar-refractivity contribution in [2.75, 3.05) is 14.2 Å². The van der Waals surface area contributed by atoms with Gasteiger partial charge in [0.05, 0.1) is 25.4 Å². The van der Waals surface area contributed by atoms with E-state index >= 15 is 0 Å². The van der Waals surface area contributed by atoms with E-state index < -0.39 is 20.3 Å². The van der Waals surface area contributed by atoms with Gasteiger partial charge in [0.1, 0.15) is 5.75 Å². The van der Waals surface area contributed by atoms with E-state index in [1.165, 1.54) is 14.2 Å². The molecule has 0 spiro atoms. The molecule has 1 aliphatic carbocycles. The SMILES string of the molecule is COC(=O)C(Cc1ccc(O)cc1)=C(C(=O)OC)[C@H]1CC[C@@H](O[Si](C)(C)C(C)(C)C)CC1. The number of hydrogen-bond acceptors (Lipinski definition) is 6. The maximum Gasteiger partial charge on any atom is 0.334 e. The number of benzene rings is 1. The van der Waals surface area contributed by atoms with E-state index in [1.807, 2.05) is 0 Å². The lowest BCUT2D eigenvalue weighted by atomic mass is 9.79. The molecule has 0 aromatic heterocycles. The molecule has 178 valence electrons. The first-order valence-electron chi connectivity index (χ1n) is 11.2. The number of ether oxygens (including phenoxy) is 2. The van der Waals surface area contributed by atoms with Crippen molar-refractivity contribution in [3.63, 3.8) is 0 Å². The molecule has 2 rings (SSSR count). The number of rotatable bonds is 7. The Bertz CT molecular complexity index is 827. The van der Waals surface area contributed by atoms with E-state index in [9.17, 15) is 14.7 Å². The van der Waals surface area contributed by atoms with Gasteiger partial charge in [0.25, 0.3) is 0 Å². The van der Waals surface area contributed by atoms with Crippen molar-refractivity contribution in [3.8, 4) is 5.75 Å². The molecule has 0 bridgehead atoms. The molecule has 0 unspecified atom stereocenters. The summed E-state index contributed by atoms with van der Waals surface area (Å²) >= 11 is 0. The second-order valence-electron chi connectivity index (χ2n) is 10.1. The van der Waals surface area contributed by atoms with Crippen LogP contribution in [0.2, 0.25) is 18.1 Å². The first-order valence-corrected chi connectivity index (χ1v) is 14.2. The molecule has 0 aliphatic heterocycles. The zero-order valence-corrected chi connectivity index (χ0v) is 21.5. The van der Waals surface area contributed by atoms with Gasteiger partial charge in [0.2, 0.25) is 0 Å². The normalized spacial score (nSPS) is 20.3. The van der Waals surface area contributed by atoms with E-state index in [0.717, 1.165) is 31.2 Å². The Morgan fingerprint density at radius 2 is 1.50 bits per heavy atom. The lowest BCUT2D eigenvalue weighted by molar-refractivity contribution is -0.140. The molecule has 1 fully saturated rings. The van der Waals surface area contributed by atoms with Gasteiger partial charge in [-0.1, -0.05) is 32.9 Å². The number of carbonyl (C=O) groups is 2. The number of phenols is 1. The minimum atomic E-state index is -1.87. The van der Waals surface area contributed by atoms with Crippen LogP contribution < -0.4 is 0 Å². The number of hydrogen-bond donors (Lipinski definition) is 1. The Balaban J connectivity index is 2.29. The molecule has 1 aromatic rings. The highest BCUT2D eigenvalue weighted by Gasteiger charge is 2.41. The van der Waals surface area contributed by atoms with Crippen molar-refractivity contribution in [2.45, 2.75) is 77.1 Å². The quantitative estimate of drug-likeness (QED) is 0.342. The fraction of sp³-hybridized carbons (Fsp3) is 0.600. The van der Waals surface area contributed by atoms with Crippen LogP contribution in [0.5, 0.6) is 5.75 Å². The number of methoxy groups -OCH3 is 2. The van der Waals surface area contributed by atoms with Crippen LogP contribution >= 0.6 is 0 Å².